The summed E-state index contributed by atoms with van der Waals surface area (Å²) >= 11 is 0. The third-order valence-corrected chi connectivity index (χ3v) is 4.90. The number of carbonyl (C=O) groups is 1. The number of hydrogen-bond donors (Lipinski definition) is 2. The zero-order chi connectivity index (χ0) is 16.6. The van der Waals surface area contributed by atoms with E-state index in [0.29, 0.717) is 12.0 Å². The summed E-state index contributed by atoms with van der Waals surface area (Å²) in [6.07, 6.45) is 1.49. The summed E-state index contributed by atoms with van der Waals surface area (Å²) in [5.74, 6) is -0.149. The lowest BCUT2D eigenvalue weighted by molar-refractivity contribution is 0.0370. The minimum Gasteiger partial charge on any atom is -0.383 e. The van der Waals surface area contributed by atoms with Crippen LogP contribution >= 0.6 is 0 Å². The molecule has 0 radical (unpaired) electrons. The Morgan fingerprint density at radius 3 is 2.67 bits per heavy atom. The predicted molar refractivity (Wildman–Crippen MR) is 94.9 cm³/mol. The van der Waals surface area contributed by atoms with Gasteiger partial charge in [-0.2, -0.15) is 0 Å². The van der Waals surface area contributed by atoms with E-state index in [4.69, 9.17) is 0 Å². The summed E-state index contributed by atoms with van der Waals surface area (Å²) in [6, 6.07) is 21.4. The quantitative estimate of drug-likeness (QED) is 0.778. The van der Waals surface area contributed by atoms with Crippen molar-refractivity contribution in [1.82, 2.24) is 5.32 Å². The molecule has 0 saturated heterocycles. The van der Waals surface area contributed by atoms with E-state index >= 15 is 0 Å². The summed E-state index contributed by atoms with van der Waals surface area (Å²) in [5, 5.41) is 15.8. The first-order chi connectivity index (χ1) is 11.7. The lowest BCUT2D eigenvalue weighted by Gasteiger charge is -2.24. The Morgan fingerprint density at radius 1 is 1.00 bits per heavy atom. The number of fused-ring (bicyclic) bond motifs is 2. The van der Waals surface area contributed by atoms with Crippen molar-refractivity contribution in [3.8, 4) is 0 Å². The van der Waals surface area contributed by atoms with E-state index in [1.165, 1.54) is 5.56 Å². The van der Waals surface area contributed by atoms with Gasteiger partial charge < -0.3 is 10.4 Å². The van der Waals surface area contributed by atoms with Crippen molar-refractivity contribution in [2.75, 3.05) is 6.54 Å². The average Bonchev–Trinajstić information content (AvgIpc) is 2.97. The van der Waals surface area contributed by atoms with E-state index in [0.717, 1.165) is 22.8 Å². The molecule has 1 aliphatic rings. The highest BCUT2D eigenvalue weighted by atomic mass is 16.3. The van der Waals surface area contributed by atoms with Crippen LogP contribution in [0.25, 0.3) is 10.8 Å². The Kier molecular flexibility index (Phi) is 3.58. The molecule has 0 spiro atoms. The van der Waals surface area contributed by atoms with Crippen LogP contribution in [0.5, 0.6) is 0 Å². The van der Waals surface area contributed by atoms with E-state index in [9.17, 15) is 9.90 Å². The minimum absolute atomic E-state index is 0.149. The fraction of sp³-hybridized carbons (Fsp3) is 0.190. The van der Waals surface area contributed by atoms with Crippen LogP contribution in [0.3, 0.4) is 0 Å². The van der Waals surface area contributed by atoms with Crippen LogP contribution in [0.2, 0.25) is 0 Å². The summed E-state index contributed by atoms with van der Waals surface area (Å²) in [5.41, 5.74) is 1.77. The van der Waals surface area contributed by atoms with Gasteiger partial charge in [-0.05, 0) is 40.8 Å². The Hall–Kier alpha value is -2.65. The van der Waals surface area contributed by atoms with Crippen molar-refractivity contribution >= 4 is 16.7 Å². The topological polar surface area (TPSA) is 49.3 Å². The molecular formula is C21H19NO2. The van der Waals surface area contributed by atoms with Crippen molar-refractivity contribution in [3.05, 3.63) is 83.4 Å². The van der Waals surface area contributed by atoms with Gasteiger partial charge in [-0.25, -0.2) is 0 Å². The van der Waals surface area contributed by atoms with Gasteiger partial charge in [0.25, 0.3) is 5.91 Å². The molecule has 0 bridgehead atoms. The summed E-state index contributed by atoms with van der Waals surface area (Å²) < 4.78 is 0. The van der Waals surface area contributed by atoms with Crippen LogP contribution in [0, 0.1) is 0 Å². The molecule has 0 fully saturated rings. The van der Waals surface area contributed by atoms with Crippen molar-refractivity contribution in [2.24, 2.45) is 0 Å². The first-order valence-electron chi connectivity index (χ1n) is 8.24. The fourth-order valence-corrected chi connectivity index (χ4v) is 3.60. The number of benzene rings is 3. The Labute approximate surface area is 140 Å². The molecule has 1 amide bonds. The van der Waals surface area contributed by atoms with Gasteiger partial charge in [0.05, 0.1) is 6.54 Å². The number of aryl methyl sites for hydroxylation is 1. The maximum atomic E-state index is 12.6. The number of rotatable bonds is 3. The van der Waals surface area contributed by atoms with Gasteiger partial charge in [0, 0.05) is 5.56 Å². The smallest absolute Gasteiger partial charge is 0.252 e. The van der Waals surface area contributed by atoms with E-state index in [1.807, 2.05) is 66.7 Å². The van der Waals surface area contributed by atoms with Gasteiger partial charge in [0.2, 0.25) is 0 Å². The summed E-state index contributed by atoms with van der Waals surface area (Å²) in [7, 11) is 0. The molecular weight excluding hydrogens is 298 g/mol. The summed E-state index contributed by atoms with van der Waals surface area (Å²) in [4.78, 5) is 12.6. The number of hydrogen-bond acceptors (Lipinski definition) is 2. The molecule has 24 heavy (non-hydrogen) atoms. The lowest BCUT2D eigenvalue weighted by Crippen LogP contribution is -2.39. The third kappa shape index (κ3) is 2.47. The maximum Gasteiger partial charge on any atom is 0.252 e. The van der Waals surface area contributed by atoms with Crippen molar-refractivity contribution in [2.45, 2.75) is 18.4 Å². The van der Waals surface area contributed by atoms with Crippen LogP contribution in [0.1, 0.15) is 27.9 Å². The van der Waals surface area contributed by atoms with Crippen molar-refractivity contribution < 1.29 is 9.90 Å². The zero-order valence-electron chi connectivity index (χ0n) is 13.3. The van der Waals surface area contributed by atoms with Gasteiger partial charge in [-0.1, -0.05) is 60.7 Å². The second-order valence-corrected chi connectivity index (χ2v) is 6.40. The Morgan fingerprint density at radius 2 is 1.75 bits per heavy atom. The van der Waals surface area contributed by atoms with Crippen LogP contribution in [-0.4, -0.2) is 17.6 Å². The van der Waals surface area contributed by atoms with Gasteiger partial charge in [0.1, 0.15) is 5.60 Å². The second-order valence-electron chi connectivity index (χ2n) is 6.40. The first-order valence-corrected chi connectivity index (χ1v) is 8.24. The molecule has 0 aliphatic heterocycles. The molecule has 120 valence electrons. The molecule has 0 saturated carbocycles. The maximum absolute atomic E-state index is 12.6. The molecule has 0 heterocycles. The zero-order valence-corrected chi connectivity index (χ0v) is 13.3. The molecule has 3 heteroatoms. The van der Waals surface area contributed by atoms with Gasteiger partial charge >= 0.3 is 0 Å². The SMILES string of the molecule is O=C(NC[C@@]1(O)CCc2ccccc21)c1cccc2ccccc12. The summed E-state index contributed by atoms with van der Waals surface area (Å²) in [6.45, 7) is 0.228. The molecule has 3 aromatic carbocycles. The minimum atomic E-state index is -0.975. The molecule has 0 aromatic heterocycles. The van der Waals surface area contributed by atoms with E-state index in [2.05, 4.69) is 5.32 Å². The Bertz CT molecular complexity index is 913. The largest absolute Gasteiger partial charge is 0.383 e. The predicted octanol–water partition coefficient (Wildman–Crippen LogP) is 3.40. The molecule has 0 unspecified atom stereocenters. The average molecular weight is 317 g/mol. The van der Waals surface area contributed by atoms with Crippen LogP contribution < -0.4 is 5.32 Å². The van der Waals surface area contributed by atoms with E-state index < -0.39 is 5.60 Å². The first kappa shape index (κ1) is 14.9. The Balaban J connectivity index is 1.57. The molecule has 3 aromatic rings. The number of carbonyl (C=O) groups excluding carboxylic acids is 1. The van der Waals surface area contributed by atoms with Gasteiger partial charge in [-0.3, -0.25) is 4.79 Å². The molecule has 2 N–H and O–H groups in total. The van der Waals surface area contributed by atoms with Crippen molar-refractivity contribution in [1.29, 1.82) is 0 Å². The van der Waals surface area contributed by atoms with Crippen molar-refractivity contribution in [3.63, 3.8) is 0 Å². The highest BCUT2D eigenvalue weighted by Crippen LogP contribution is 2.36. The third-order valence-electron chi connectivity index (χ3n) is 4.90. The van der Waals surface area contributed by atoms with E-state index in [-0.39, 0.29) is 12.5 Å². The standard InChI is InChI=1S/C21H19NO2/c23-20(18-10-5-8-15-6-1-3-9-17(15)18)22-14-21(24)13-12-16-7-2-4-11-19(16)21/h1-11,24H,12-14H2,(H,22,23)/t21-/m0/s1. The van der Waals surface area contributed by atoms with E-state index in [1.54, 1.807) is 0 Å². The highest BCUT2D eigenvalue weighted by molar-refractivity contribution is 6.07. The number of aliphatic hydroxyl groups is 1. The molecule has 1 atom stereocenters. The molecule has 3 nitrogen and oxygen atoms in total. The second kappa shape index (κ2) is 5.77. The monoisotopic (exact) mass is 317 g/mol. The fourth-order valence-electron chi connectivity index (χ4n) is 3.60. The lowest BCUT2D eigenvalue weighted by atomic mass is 9.95. The number of amides is 1. The number of nitrogens with one attached hydrogen (secondary N) is 1. The van der Waals surface area contributed by atoms with Gasteiger partial charge in [-0.15, -0.1) is 0 Å². The van der Waals surface area contributed by atoms with Gasteiger partial charge in [0.15, 0.2) is 0 Å². The molecule has 4 rings (SSSR count). The molecule has 1 aliphatic carbocycles. The van der Waals surface area contributed by atoms with Crippen LogP contribution in [0.15, 0.2) is 66.7 Å². The highest BCUT2D eigenvalue weighted by Gasteiger charge is 2.36. The normalized spacial score (nSPS) is 19.2. The van der Waals surface area contributed by atoms with Crippen LogP contribution in [-0.2, 0) is 12.0 Å². The van der Waals surface area contributed by atoms with Crippen LogP contribution in [0.4, 0.5) is 0 Å².